The second kappa shape index (κ2) is 12.5. The van der Waals surface area contributed by atoms with E-state index in [1.165, 1.54) is 0 Å². The van der Waals surface area contributed by atoms with Gasteiger partial charge in [-0.25, -0.2) is 0 Å². The van der Waals surface area contributed by atoms with E-state index in [0.717, 1.165) is 48.9 Å². The first-order valence-corrected chi connectivity index (χ1v) is 17.4. The van der Waals surface area contributed by atoms with Crippen molar-refractivity contribution in [2.75, 3.05) is 51.4 Å². The summed E-state index contributed by atoms with van der Waals surface area (Å²) >= 11 is 3.12. The van der Waals surface area contributed by atoms with E-state index in [-0.39, 0.29) is 13.2 Å². The van der Waals surface area contributed by atoms with Crippen molar-refractivity contribution in [2.45, 2.75) is 18.4 Å². The second-order valence-corrected chi connectivity index (χ2v) is 14.3. The quantitative estimate of drug-likeness (QED) is 0.216. The molecule has 0 radical (unpaired) electrons. The lowest BCUT2D eigenvalue weighted by Crippen LogP contribution is -2.38. The Labute approximate surface area is 243 Å². The van der Waals surface area contributed by atoms with E-state index in [0.29, 0.717) is 24.6 Å². The molecule has 0 bridgehead atoms. The summed E-state index contributed by atoms with van der Waals surface area (Å²) in [6.07, 6.45) is 6.10. The monoisotopic (exact) mass is 627 g/mol. The van der Waals surface area contributed by atoms with E-state index in [1.807, 2.05) is 64.9 Å². The smallest absolute Gasteiger partial charge is 0.266 e. The Kier molecular flexibility index (Phi) is 9.47. The molecule has 2 aromatic carbocycles. The average molecular weight is 628 g/mol. The van der Waals surface area contributed by atoms with Gasteiger partial charge in [0.05, 0.1) is 44.1 Å². The number of hydrogen-bond acceptors (Lipinski definition) is 11. The molecular formula is C26H31N2O8S4+. The number of allylic oxidation sites excluding steroid dienone is 2. The van der Waals surface area contributed by atoms with Crippen LogP contribution in [0.5, 0.6) is 11.5 Å². The zero-order chi connectivity index (χ0) is 29.1. The Morgan fingerprint density at radius 3 is 2.40 bits per heavy atom. The predicted molar refractivity (Wildman–Crippen MR) is 158 cm³/mol. The van der Waals surface area contributed by atoms with Crippen molar-refractivity contribution in [3.8, 4) is 11.5 Å². The van der Waals surface area contributed by atoms with Crippen molar-refractivity contribution in [1.29, 1.82) is 0 Å². The number of thioether (sulfide) groups is 1. The van der Waals surface area contributed by atoms with Gasteiger partial charge in [-0.1, -0.05) is 29.2 Å². The summed E-state index contributed by atoms with van der Waals surface area (Å²) in [5.74, 6) is 1.37. The average Bonchev–Trinajstić information content (AvgIpc) is 3.39. The van der Waals surface area contributed by atoms with E-state index >= 15 is 0 Å². The highest BCUT2D eigenvalue weighted by Gasteiger charge is 2.27. The van der Waals surface area contributed by atoms with Gasteiger partial charge in [-0.05, 0) is 42.8 Å². The van der Waals surface area contributed by atoms with Crippen LogP contribution in [-0.4, -0.2) is 63.3 Å². The number of benzene rings is 2. The minimum Gasteiger partial charge on any atom is -0.497 e. The number of para-hydroxylation sites is 1. The first kappa shape index (κ1) is 30.3. The molecule has 40 heavy (non-hydrogen) atoms. The zero-order valence-electron chi connectivity index (χ0n) is 22.7. The Morgan fingerprint density at radius 2 is 1.73 bits per heavy atom. The molecule has 0 unspecified atom stereocenters. The number of nitrogens with zero attached hydrogens (tertiary/aromatic N) is 2. The third-order valence-electron chi connectivity index (χ3n) is 5.80. The molecule has 216 valence electrons. The van der Waals surface area contributed by atoms with Crippen molar-refractivity contribution >= 4 is 65.3 Å². The van der Waals surface area contributed by atoms with E-state index in [4.69, 9.17) is 17.8 Å². The molecule has 4 rings (SSSR count). The maximum Gasteiger partial charge on any atom is 0.266 e. The predicted octanol–water partition coefficient (Wildman–Crippen LogP) is 4.02. The maximum atomic E-state index is 11.6. The fourth-order valence-electron chi connectivity index (χ4n) is 4.16. The molecule has 0 spiro atoms. The largest absolute Gasteiger partial charge is 0.497 e. The van der Waals surface area contributed by atoms with Crippen molar-refractivity contribution < 1.29 is 39.2 Å². The lowest BCUT2D eigenvalue weighted by Gasteiger charge is -2.20. The van der Waals surface area contributed by atoms with Gasteiger partial charge >= 0.3 is 0 Å². The number of methoxy groups -OCH3 is 2. The van der Waals surface area contributed by atoms with Crippen molar-refractivity contribution in [3.63, 3.8) is 0 Å². The molecule has 0 atom stereocenters. The number of rotatable bonds is 12. The van der Waals surface area contributed by atoms with Gasteiger partial charge in [0.25, 0.3) is 30.8 Å². The molecule has 1 aliphatic rings. The molecule has 1 aliphatic heterocycles. The van der Waals surface area contributed by atoms with Crippen molar-refractivity contribution in [1.82, 2.24) is 0 Å². The molecule has 0 saturated carbocycles. The van der Waals surface area contributed by atoms with Gasteiger partial charge < -0.3 is 14.4 Å². The summed E-state index contributed by atoms with van der Waals surface area (Å²) in [7, 11) is -3.96. The molecule has 10 nitrogen and oxygen atoms in total. The molecule has 0 saturated heterocycles. The maximum absolute atomic E-state index is 11.6. The number of hydrogen-bond donors (Lipinski definition) is 0. The molecule has 14 heteroatoms. The third-order valence-corrected chi connectivity index (χ3v) is 9.20. The van der Waals surface area contributed by atoms with Crippen LogP contribution in [0.1, 0.15) is 11.9 Å². The van der Waals surface area contributed by atoms with Gasteiger partial charge in [-0.3, -0.25) is 8.37 Å². The minimum absolute atomic E-state index is 0.00735. The van der Waals surface area contributed by atoms with Gasteiger partial charge in [-0.2, -0.15) is 21.4 Å². The van der Waals surface area contributed by atoms with E-state index in [9.17, 15) is 16.8 Å². The molecule has 3 aromatic rings. The van der Waals surface area contributed by atoms with Crippen LogP contribution in [0.3, 0.4) is 0 Å². The molecule has 0 aliphatic carbocycles. The molecule has 2 heterocycles. The van der Waals surface area contributed by atoms with Crippen LogP contribution in [-0.2, 0) is 35.1 Å². The summed E-state index contributed by atoms with van der Waals surface area (Å²) in [6.45, 7) is 2.57. The third kappa shape index (κ3) is 7.56. The fraction of sp³-hybridized carbons (Fsp3) is 0.346. The fourth-order valence-corrected chi connectivity index (χ4v) is 7.31. The van der Waals surface area contributed by atoms with Gasteiger partial charge in [0.2, 0.25) is 0 Å². The molecule has 0 fully saturated rings. The molecule has 0 amide bonds. The summed E-state index contributed by atoms with van der Waals surface area (Å²) in [4.78, 5) is 3.02. The van der Waals surface area contributed by atoms with Crippen molar-refractivity contribution in [3.05, 3.63) is 58.1 Å². The van der Waals surface area contributed by atoms with Crippen LogP contribution in [0.4, 0.5) is 5.69 Å². The number of anilines is 1. The molecular weight excluding hydrogens is 597 g/mol. The minimum atomic E-state index is -3.58. The highest BCUT2D eigenvalue weighted by Crippen LogP contribution is 2.47. The SMILES string of the molecule is COc1ccc2c(c1)N(CCOS(C)(=O)=O)C(=CC(C)=Cc1sc3cccc(OC)c3[n+]1CCOS(C)(=O)=O)S2. The standard InChI is InChI=1S/C26H31N2O8S4/c1-18(15-24-27(11-13-35-39(4,29)30)20-17-19(33-2)9-10-22(20)37-24)16-25-28(12-14-36-40(5,31)32)26-21(34-3)7-6-8-23(26)38-25/h6-10,15-17H,11-14H2,1-5H3/q+1. The van der Waals surface area contributed by atoms with Crippen LogP contribution in [0.15, 0.2) is 58.0 Å². The topological polar surface area (TPSA) is 112 Å². The summed E-state index contributed by atoms with van der Waals surface area (Å²) < 4.78 is 70.3. The first-order valence-electron chi connectivity index (χ1n) is 12.1. The van der Waals surface area contributed by atoms with Crippen LogP contribution >= 0.6 is 23.1 Å². The van der Waals surface area contributed by atoms with Gasteiger partial charge in [0, 0.05) is 23.6 Å². The van der Waals surface area contributed by atoms with Gasteiger partial charge in [0.15, 0.2) is 12.3 Å². The van der Waals surface area contributed by atoms with Crippen LogP contribution in [0.2, 0.25) is 0 Å². The molecule has 0 N–H and O–H groups in total. The van der Waals surface area contributed by atoms with Crippen LogP contribution in [0.25, 0.3) is 16.3 Å². The lowest BCUT2D eigenvalue weighted by molar-refractivity contribution is -0.669. The molecule has 1 aromatic heterocycles. The Bertz CT molecular complexity index is 1680. The van der Waals surface area contributed by atoms with Crippen molar-refractivity contribution in [2.24, 2.45) is 0 Å². The Balaban J connectivity index is 1.70. The van der Waals surface area contributed by atoms with Gasteiger partial charge in [0.1, 0.15) is 17.1 Å². The number of thiazole rings is 1. The van der Waals surface area contributed by atoms with E-state index < -0.39 is 20.2 Å². The number of aromatic nitrogens is 1. The highest BCUT2D eigenvalue weighted by atomic mass is 32.2. The summed E-state index contributed by atoms with van der Waals surface area (Å²) in [5.41, 5.74) is 2.69. The van der Waals surface area contributed by atoms with Crippen LogP contribution < -0.4 is 18.9 Å². The summed E-state index contributed by atoms with van der Waals surface area (Å²) in [6, 6.07) is 11.5. The highest BCUT2D eigenvalue weighted by molar-refractivity contribution is 8.03. The Hall–Kier alpha value is -2.62. The normalized spacial score (nSPS) is 15.2. The lowest BCUT2D eigenvalue weighted by atomic mass is 10.2. The van der Waals surface area contributed by atoms with Gasteiger partial charge in [-0.15, -0.1) is 0 Å². The first-order chi connectivity index (χ1) is 18.9. The van der Waals surface area contributed by atoms with Crippen LogP contribution in [0, 0.1) is 0 Å². The number of fused-ring (bicyclic) bond motifs is 2. The zero-order valence-corrected chi connectivity index (χ0v) is 26.0. The second-order valence-electron chi connectivity index (χ2n) is 8.91. The van der Waals surface area contributed by atoms with E-state index in [1.54, 1.807) is 37.3 Å². The summed E-state index contributed by atoms with van der Waals surface area (Å²) in [5, 5.41) is 1.79. The Morgan fingerprint density at radius 1 is 1.00 bits per heavy atom. The number of ether oxygens (including phenoxy) is 2. The van der Waals surface area contributed by atoms with E-state index in [2.05, 4.69) is 0 Å².